The molecule has 6 nitrogen and oxygen atoms in total. The van der Waals surface area contributed by atoms with Crippen molar-refractivity contribution in [3.05, 3.63) is 63.1 Å². The summed E-state index contributed by atoms with van der Waals surface area (Å²) in [6.45, 7) is 0.236. The van der Waals surface area contributed by atoms with E-state index in [9.17, 15) is 9.59 Å². The van der Waals surface area contributed by atoms with Crippen molar-refractivity contribution in [2.75, 3.05) is 7.11 Å². The van der Waals surface area contributed by atoms with Gasteiger partial charge in [0.1, 0.15) is 6.04 Å². The smallest absolute Gasteiger partial charge is 0.333 e. The molecule has 7 heteroatoms. The van der Waals surface area contributed by atoms with Crippen molar-refractivity contribution in [2.24, 2.45) is 0 Å². The van der Waals surface area contributed by atoms with Crippen LogP contribution in [-0.4, -0.2) is 27.6 Å². The van der Waals surface area contributed by atoms with Gasteiger partial charge in [0.05, 0.1) is 23.3 Å². The number of allylic oxidation sites excluding steroid dienone is 1. The highest BCUT2D eigenvalue weighted by Gasteiger charge is 2.47. The van der Waals surface area contributed by atoms with Crippen molar-refractivity contribution in [1.29, 1.82) is 0 Å². The van der Waals surface area contributed by atoms with Crippen LogP contribution in [0.5, 0.6) is 0 Å². The summed E-state index contributed by atoms with van der Waals surface area (Å²) in [6.07, 6.45) is 3.25. The van der Waals surface area contributed by atoms with Crippen LogP contribution in [0.1, 0.15) is 18.2 Å². The molecule has 3 aromatic rings. The number of ether oxygens (including phenoxy) is 2. The van der Waals surface area contributed by atoms with Crippen molar-refractivity contribution in [3.63, 3.8) is 0 Å². The van der Waals surface area contributed by atoms with E-state index in [0.29, 0.717) is 0 Å². The van der Waals surface area contributed by atoms with E-state index in [1.807, 2.05) is 30.3 Å². The number of hydrogen-bond donors (Lipinski definition) is 0. The van der Waals surface area contributed by atoms with Crippen molar-refractivity contribution < 1.29 is 14.3 Å². The first-order chi connectivity index (χ1) is 12.5. The van der Waals surface area contributed by atoms with Gasteiger partial charge >= 0.3 is 5.69 Å². The molecule has 0 saturated heterocycles. The molecule has 0 amide bonds. The maximum absolute atomic E-state index is 13.4. The Morgan fingerprint density at radius 1 is 1.27 bits per heavy atom. The molecule has 0 saturated carbocycles. The predicted molar refractivity (Wildman–Crippen MR) is 99.2 cm³/mol. The molecule has 0 N–H and O–H groups in total. The predicted octanol–water partition coefficient (Wildman–Crippen LogP) is 2.96. The molecule has 0 bridgehead atoms. The first kappa shape index (κ1) is 16.0. The lowest BCUT2D eigenvalue weighted by atomic mass is 9.92. The standard InChI is InChI=1S/C19H15BrN2O4/c1-25-19-5-4-15(23)9-17(19)22-14(10-26-19)8-13-7-11-6-12(20)2-3-16(11)21(13)18(22)24/h2-8,17H,9-10H2,1H3/t17-,19+/m1/s1. The van der Waals surface area contributed by atoms with Gasteiger partial charge in [0.15, 0.2) is 5.78 Å². The topological polar surface area (TPSA) is 61.9 Å². The third-order valence-corrected chi connectivity index (χ3v) is 5.74. The number of halogens is 1. The number of rotatable bonds is 1. The molecule has 5 rings (SSSR count). The number of benzene rings is 1. The molecule has 2 atom stereocenters. The molecule has 1 aliphatic heterocycles. The number of ketones is 1. The van der Waals surface area contributed by atoms with Crippen LogP contribution in [0.25, 0.3) is 16.4 Å². The highest BCUT2D eigenvalue weighted by Crippen LogP contribution is 2.40. The molecule has 26 heavy (non-hydrogen) atoms. The second-order valence-electron chi connectivity index (χ2n) is 6.63. The lowest BCUT2D eigenvalue weighted by molar-refractivity contribution is -0.239. The Morgan fingerprint density at radius 3 is 2.92 bits per heavy atom. The van der Waals surface area contributed by atoms with Crippen LogP contribution in [0.3, 0.4) is 0 Å². The van der Waals surface area contributed by atoms with E-state index < -0.39 is 11.8 Å². The Morgan fingerprint density at radius 2 is 2.12 bits per heavy atom. The van der Waals surface area contributed by atoms with Crippen LogP contribution in [0, 0.1) is 0 Å². The van der Waals surface area contributed by atoms with Gasteiger partial charge in [-0.15, -0.1) is 0 Å². The van der Waals surface area contributed by atoms with E-state index in [4.69, 9.17) is 9.47 Å². The fourth-order valence-electron chi connectivity index (χ4n) is 4.03. The number of carbonyl (C=O) groups excluding carboxylic acids is 1. The molecule has 132 valence electrons. The van der Waals surface area contributed by atoms with Gasteiger partial charge in [-0.3, -0.25) is 13.8 Å². The molecule has 1 aliphatic carbocycles. The minimum Gasteiger partial charge on any atom is -0.348 e. The number of aromatic nitrogens is 2. The maximum Gasteiger partial charge on any atom is 0.333 e. The van der Waals surface area contributed by atoms with Crippen molar-refractivity contribution >= 4 is 38.1 Å². The van der Waals surface area contributed by atoms with Crippen LogP contribution in [0.2, 0.25) is 0 Å². The zero-order valence-electron chi connectivity index (χ0n) is 13.9. The molecule has 1 aromatic carbocycles. The summed E-state index contributed by atoms with van der Waals surface area (Å²) in [4.78, 5) is 25.5. The zero-order chi connectivity index (χ0) is 18.1. The average molecular weight is 415 g/mol. The van der Waals surface area contributed by atoms with Gasteiger partial charge in [0.2, 0.25) is 5.79 Å². The van der Waals surface area contributed by atoms with Gasteiger partial charge < -0.3 is 9.47 Å². The second kappa shape index (κ2) is 5.39. The fraction of sp³-hybridized carbons (Fsp3) is 0.263. The second-order valence-corrected chi connectivity index (χ2v) is 7.55. The van der Waals surface area contributed by atoms with Gasteiger partial charge in [-0.2, -0.15) is 0 Å². The third-order valence-electron chi connectivity index (χ3n) is 5.25. The minimum atomic E-state index is -1.09. The molecule has 2 aromatic heterocycles. The molecule has 0 radical (unpaired) electrons. The highest BCUT2D eigenvalue weighted by atomic mass is 79.9. The summed E-state index contributed by atoms with van der Waals surface area (Å²) in [5.41, 5.74) is 2.19. The van der Waals surface area contributed by atoms with E-state index in [1.54, 1.807) is 15.0 Å². The molecule has 2 aliphatic rings. The number of carbonyl (C=O) groups is 1. The Bertz CT molecular complexity index is 1180. The zero-order valence-corrected chi connectivity index (χ0v) is 15.5. The molecule has 0 spiro atoms. The quantitative estimate of drug-likeness (QED) is 0.613. The van der Waals surface area contributed by atoms with Crippen LogP contribution in [0.15, 0.2) is 51.8 Å². The summed E-state index contributed by atoms with van der Waals surface area (Å²) in [6, 6.07) is 9.19. The van der Waals surface area contributed by atoms with Crippen LogP contribution in [0.4, 0.5) is 0 Å². The van der Waals surface area contributed by atoms with Gasteiger partial charge in [0, 0.05) is 23.4 Å². The molecule has 3 heterocycles. The van der Waals surface area contributed by atoms with E-state index >= 15 is 0 Å². The molecular weight excluding hydrogens is 400 g/mol. The minimum absolute atomic E-state index is 0.0487. The molecule has 0 unspecified atom stereocenters. The maximum atomic E-state index is 13.4. The van der Waals surface area contributed by atoms with E-state index in [-0.39, 0.29) is 24.5 Å². The van der Waals surface area contributed by atoms with Crippen LogP contribution in [-0.2, 0) is 20.9 Å². The highest BCUT2D eigenvalue weighted by molar-refractivity contribution is 9.10. The average Bonchev–Trinajstić information content (AvgIpc) is 2.99. The largest absolute Gasteiger partial charge is 0.348 e. The van der Waals surface area contributed by atoms with Gasteiger partial charge in [-0.1, -0.05) is 15.9 Å². The number of hydrogen-bond acceptors (Lipinski definition) is 4. The third kappa shape index (κ3) is 2.05. The lowest BCUT2D eigenvalue weighted by Crippen LogP contribution is -2.52. The van der Waals surface area contributed by atoms with Crippen molar-refractivity contribution in [3.8, 4) is 0 Å². The summed E-state index contributed by atoms with van der Waals surface area (Å²) < 4.78 is 15.8. The van der Waals surface area contributed by atoms with Crippen LogP contribution >= 0.6 is 15.9 Å². The number of fused-ring (bicyclic) bond motifs is 6. The lowest BCUT2D eigenvalue weighted by Gasteiger charge is -2.43. The Labute approximate surface area is 156 Å². The molecular formula is C19H15BrN2O4. The Hall–Kier alpha value is -2.22. The SMILES string of the molecule is CO[C@]12C=CC(=O)C[C@H]1n1c(cc3cc4cc(Br)ccc4n3c1=O)CO2. The van der Waals surface area contributed by atoms with Crippen molar-refractivity contribution in [1.82, 2.24) is 8.97 Å². The number of nitrogens with zero attached hydrogens (tertiary/aromatic N) is 2. The van der Waals surface area contributed by atoms with E-state index in [2.05, 4.69) is 15.9 Å². The summed E-state index contributed by atoms with van der Waals surface area (Å²) in [5.74, 6) is -1.14. The summed E-state index contributed by atoms with van der Waals surface area (Å²) >= 11 is 3.47. The Balaban J connectivity index is 1.85. The molecule has 0 fully saturated rings. The van der Waals surface area contributed by atoms with Crippen LogP contribution < -0.4 is 5.69 Å². The first-order valence-electron chi connectivity index (χ1n) is 8.29. The fourth-order valence-corrected chi connectivity index (χ4v) is 4.41. The number of methoxy groups -OCH3 is 1. The first-order valence-corrected chi connectivity index (χ1v) is 9.08. The van der Waals surface area contributed by atoms with Crippen molar-refractivity contribution in [2.45, 2.75) is 24.9 Å². The summed E-state index contributed by atoms with van der Waals surface area (Å²) in [7, 11) is 1.53. The normalized spacial score (nSPS) is 24.8. The monoisotopic (exact) mass is 414 g/mol. The van der Waals surface area contributed by atoms with E-state index in [1.165, 1.54) is 13.2 Å². The van der Waals surface area contributed by atoms with E-state index in [0.717, 1.165) is 26.6 Å². The Kier molecular flexibility index (Phi) is 3.31. The van der Waals surface area contributed by atoms with Gasteiger partial charge in [-0.25, -0.2) is 4.79 Å². The van der Waals surface area contributed by atoms with Gasteiger partial charge in [-0.05, 0) is 42.5 Å². The van der Waals surface area contributed by atoms with Gasteiger partial charge in [0.25, 0.3) is 0 Å². The summed E-state index contributed by atoms with van der Waals surface area (Å²) in [5, 5.41) is 0.970.